The predicted octanol–water partition coefficient (Wildman–Crippen LogP) is -1.25. The minimum absolute atomic E-state index is 0. The van der Waals surface area contributed by atoms with Gasteiger partial charge >= 0.3 is 0 Å². The summed E-state index contributed by atoms with van der Waals surface area (Å²) >= 11 is 0. The first-order valence-electron chi connectivity index (χ1n) is 2.32. The van der Waals surface area contributed by atoms with E-state index in [1.807, 2.05) is 0 Å². The quantitative estimate of drug-likeness (QED) is 0.328. The Morgan fingerprint density at radius 2 is 1.09 bits per heavy atom. The monoisotopic (exact) mass is 202 g/mol. The first-order valence-corrected chi connectivity index (χ1v) is 2.32. The fourth-order valence-electron chi connectivity index (χ4n) is 0. The zero-order valence-corrected chi connectivity index (χ0v) is 6.53. The molecule has 0 aromatic rings. The SMILES string of the molecule is N=C([O-])C[NH-].N=C([O-])C[NH-].[Ni]. The molecule has 7 heteroatoms. The van der Waals surface area contributed by atoms with Gasteiger partial charge in [-0.05, 0) is 0 Å². The molecule has 0 saturated carbocycles. The summed E-state index contributed by atoms with van der Waals surface area (Å²) in [6.07, 6.45) is 0. The van der Waals surface area contributed by atoms with Crippen molar-refractivity contribution in [3.63, 3.8) is 0 Å². The van der Waals surface area contributed by atoms with Gasteiger partial charge in [0.2, 0.25) is 0 Å². The van der Waals surface area contributed by atoms with Crippen LogP contribution in [0.15, 0.2) is 0 Å². The third kappa shape index (κ3) is 45.0. The summed E-state index contributed by atoms with van der Waals surface area (Å²) in [6, 6.07) is 0. The van der Waals surface area contributed by atoms with E-state index in [4.69, 9.17) is 22.3 Å². The van der Waals surface area contributed by atoms with Crippen LogP contribution in [0.2, 0.25) is 0 Å². The van der Waals surface area contributed by atoms with Gasteiger partial charge < -0.3 is 32.5 Å². The molecule has 0 aliphatic heterocycles. The molecule has 0 aromatic carbocycles. The molecule has 0 aliphatic rings. The fraction of sp³-hybridized carbons (Fsp3) is 0.500. The van der Waals surface area contributed by atoms with E-state index < -0.39 is 24.9 Å². The second-order valence-electron chi connectivity index (χ2n) is 1.20. The minimum atomic E-state index is -0.829. The van der Waals surface area contributed by atoms with E-state index >= 15 is 0 Å². The van der Waals surface area contributed by atoms with Gasteiger partial charge in [0.05, 0.1) is 0 Å². The Bertz CT molecular complexity index is 105. The zero-order valence-electron chi connectivity index (χ0n) is 5.55. The molecule has 0 fully saturated rings. The predicted molar refractivity (Wildman–Crippen MR) is 33.8 cm³/mol. The van der Waals surface area contributed by atoms with Crippen molar-refractivity contribution in [1.29, 1.82) is 10.8 Å². The Labute approximate surface area is 74.5 Å². The van der Waals surface area contributed by atoms with Crippen molar-refractivity contribution in [2.75, 3.05) is 13.1 Å². The van der Waals surface area contributed by atoms with Crippen LogP contribution in [0, 0.1) is 10.8 Å². The van der Waals surface area contributed by atoms with Gasteiger partial charge in [-0.15, -0.1) is 13.1 Å². The molecule has 0 bridgehead atoms. The summed E-state index contributed by atoms with van der Waals surface area (Å²) in [4.78, 5) is 0. The second kappa shape index (κ2) is 12.1. The molecule has 6 nitrogen and oxygen atoms in total. The van der Waals surface area contributed by atoms with Crippen LogP contribution in [-0.4, -0.2) is 24.9 Å². The van der Waals surface area contributed by atoms with Crippen LogP contribution < -0.4 is 10.2 Å². The smallest absolute Gasteiger partial charge is 0 e. The molecule has 70 valence electrons. The molecule has 0 radical (unpaired) electrons. The third-order valence-corrected chi connectivity index (χ3v) is 0.321. The molecule has 0 saturated heterocycles. The van der Waals surface area contributed by atoms with Crippen molar-refractivity contribution in [2.45, 2.75) is 0 Å². The van der Waals surface area contributed by atoms with Gasteiger partial charge in [-0.2, -0.15) is 0 Å². The molecule has 0 aromatic heterocycles. The third-order valence-electron chi connectivity index (χ3n) is 0.321. The van der Waals surface area contributed by atoms with E-state index in [1.165, 1.54) is 0 Å². The summed E-state index contributed by atoms with van der Waals surface area (Å²) in [5.41, 5.74) is 12.2. The molecule has 4 N–H and O–H groups in total. The number of rotatable bonds is 2. The number of nitrogens with one attached hydrogen (secondary N) is 4. The summed E-state index contributed by atoms with van der Waals surface area (Å²) in [6.45, 7) is -0.833. The van der Waals surface area contributed by atoms with E-state index in [2.05, 4.69) is 0 Å². The Morgan fingerprint density at radius 1 is 1.00 bits per heavy atom. The molecule has 0 rings (SSSR count). The molecule has 0 heterocycles. The van der Waals surface area contributed by atoms with E-state index in [0.29, 0.717) is 0 Å². The molecule has 11 heavy (non-hydrogen) atoms. The molecule has 0 amide bonds. The van der Waals surface area contributed by atoms with E-state index in [0.717, 1.165) is 0 Å². The Hall–Kier alpha value is -0.646. The van der Waals surface area contributed by atoms with Crippen LogP contribution in [0.1, 0.15) is 0 Å². The molecule has 0 spiro atoms. The number of hydrogen-bond donors (Lipinski definition) is 2. The van der Waals surface area contributed by atoms with Crippen LogP contribution in [0.5, 0.6) is 0 Å². The summed E-state index contributed by atoms with van der Waals surface area (Å²) < 4.78 is 0. The maximum absolute atomic E-state index is 9.29. The first kappa shape index (κ1) is 16.8. The molecule has 0 unspecified atom stereocenters. The fourth-order valence-corrected chi connectivity index (χ4v) is 0. The topological polar surface area (TPSA) is 141 Å². The van der Waals surface area contributed by atoms with E-state index in [1.54, 1.807) is 0 Å². The van der Waals surface area contributed by atoms with Gasteiger partial charge in [-0.3, -0.25) is 0 Å². The largest absolute Gasteiger partial charge is 0.863 e. The molecule has 0 aliphatic carbocycles. The van der Waals surface area contributed by atoms with Crippen molar-refractivity contribution in [2.24, 2.45) is 0 Å². The van der Waals surface area contributed by atoms with Gasteiger partial charge in [-0.25, -0.2) is 0 Å². The van der Waals surface area contributed by atoms with Gasteiger partial charge in [0.15, 0.2) is 0 Å². The van der Waals surface area contributed by atoms with Gasteiger partial charge in [-0.1, -0.05) is 11.8 Å². The first-order chi connectivity index (χ1) is 4.54. The van der Waals surface area contributed by atoms with Crippen LogP contribution in [0.25, 0.3) is 11.5 Å². The molecule has 0 atom stereocenters. The van der Waals surface area contributed by atoms with Gasteiger partial charge in [0.25, 0.3) is 0 Å². The normalized spacial score (nSPS) is 6.73. The number of hydrogen-bond acceptors (Lipinski definition) is 4. The van der Waals surface area contributed by atoms with Crippen molar-refractivity contribution < 1.29 is 26.7 Å². The summed E-state index contributed by atoms with van der Waals surface area (Å²) in [7, 11) is 0. The Morgan fingerprint density at radius 3 is 1.09 bits per heavy atom. The summed E-state index contributed by atoms with van der Waals surface area (Å²) in [5, 5.41) is 30.6. The molecular weight excluding hydrogens is 195 g/mol. The van der Waals surface area contributed by atoms with Gasteiger partial charge in [0, 0.05) is 16.5 Å². The van der Waals surface area contributed by atoms with Crippen molar-refractivity contribution in [1.82, 2.24) is 0 Å². The maximum atomic E-state index is 9.29. The molecular formula is C4H8N4NiO2-4. The Balaban J connectivity index is -0.000000107. The van der Waals surface area contributed by atoms with Crippen molar-refractivity contribution in [3.8, 4) is 0 Å². The van der Waals surface area contributed by atoms with Crippen molar-refractivity contribution in [3.05, 3.63) is 11.5 Å². The minimum Gasteiger partial charge on any atom is -0.863 e. The standard InChI is InChI=1S/2C2H5N2O.Ni/c2*3-1-2(4)5;/h2*3H,1H2,(H2,4,5);/q2*-1;/p-2. The average Bonchev–Trinajstić information content (AvgIpc) is 1.89. The van der Waals surface area contributed by atoms with Crippen LogP contribution in [0.4, 0.5) is 0 Å². The van der Waals surface area contributed by atoms with Gasteiger partial charge in [0.1, 0.15) is 0 Å². The maximum Gasteiger partial charge on any atom is 0 e. The van der Waals surface area contributed by atoms with Crippen LogP contribution >= 0.6 is 0 Å². The average molecular weight is 203 g/mol. The zero-order chi connectivity index (χ0) is 8.57. The van der Waals surface area contributed by atoms with Crippen molar-refractivity contribution >= 4 is 11.8 Å². The second-order valence-corrected chi connectivity index (χ2v) is 1.20. The van der Waals surface area contributed by atoms with Crippen LogP contribution in [0.3, 0.4) is 0 Å². The van der Waals surface area contributed by atoms with E-state index in [-0.39, 0.29) is 16.5 Å². The Kier molecular flexibility index (Phi) is 18.4. The van der Waals surface area contributed by atoms with Crippen LogP contribution in [-0.2, 0) is 16.5 Å². The van der Waals surface area contributed by atoms with E-state index in [9.17, 15) is 10.2 Å². The summed E-state index contributed by atoms with van der Waals surface area (Å²) in [5.74, 6) is -1.66.